The van der Waals surface area contributed by atoms with Gasteiger partial charge in [0, 0.05) is 17.8 Å². The lowest BCUT2D eigenvalue weighted by Gasteiger charge is -2.08. The number of hydrogen-bond donors (Lipinski definition) is 1. The second kappa shape index (κ2) is 7.39. The van der Waals surface area contributed by atoms with E-state index < -0.39 is 0 Å². The first kappa shape index (κ1) is 16.4. The largest absolute Gasteiger partial charge is 0.497 e. The first-order valence-corrected chi connectivity index (χ1v) is 7.59. The average Bonchev–Trinajstić information content (AvgIpc) is 2.64. The molecule has 1 N–H and O–H groups in total. The Kier molecular flexibility index (Phi) is 4.84. The van der Waals surface area contributed by atoms with Crippen LogP contribution in [0.25, 0.3) is 11.3 Å². The Hall–Kier alpha value is -3.48. The molecule has 0 atom stereocenters. The summed E-state index contributed by atoms with van der Waals surface area (Å²) in [5, 5.41) is 6.89. The lowest BCUT2D eigenvalue weighted by molar-refractivity contribution is -0.117. The van der Waals surface area contributed by atoms with Crippen molar-refractivity contribution in [2.45, 2.75) is 6.54 Å². The van der Waals surface area contributed by atoms with Gasteiger partial charge >= 0.3 is 0 Å². The van der Waals surface area contributed by atoms with Crippen molar-refractivity contribution < 1.29 is 9.53 Å². The number of pyridine rings is 1. The zero-order valence-electron chi connectivity index (χ0n) is 13.5. The van der Waals surface area contributed by atoms with Gasteiger partial charge in [-0.3, -0.25) is 9.59 Å². The number of hydrogen-bond acceptors (Lipinski definition) is 5. The molecule has 2 aromatic heterocycles. The summed E-state index contributed by atoms with van der Waals surface area (Å²) in [5.74, 6) is 0.727. The van der Waals surface area contributed by atoms with Gasteiger partial charge in [0.1, 0.15) is 18.1 Å². The van der Waals surface area contributed by atoms with Crippen molar-refractivity contribution in [2.75, 3.05) is 12.4 Å². The van der Waals surface area contributed by atoms with E-state index in [0.29, 0.717) is 17.3 Å². The van der Waals surface area contributed by atoms with E-state index in [2.05, 4.69) is 15.4 Å². The fraction of sp³-hybridized carbons (Fsp3) is 0.111. The van der Waals surface area contributed by atoms with E-state index in [1.807, 2.05) is 24.3 Å². The third-order valence-electron chi connectivity index (χ3n) is 3.46. The fourth-order valence-electron chi connectivity index (χ4n) is 2.25. The van der Waals surface area contributed by atoms with E-state index in [1.165, 1.54) is 6.07 Å². The molecule has 0 spiro atoms. The van der Waals surface area contributed by atoms with Crippen LogP contribution in [-0.4, -0.2) is 27.8 Å². The molecule has 3 rings (SSSR count). The molecule has 0 bridgehead atoms. The van der Waals surface area contributed by atoms with Crippen LogP contribution in [0.1, 0.15) is 0 Å². The number of rotatable bonds is 5. The van der Waals surface area contributed by atoms with E-state index in [0.717, 1.165) is 10.2 Å². The highest BCUT2D eigenvalue weighted by Gasteiger charge is 2.09. The summed E-state index contributed by atoms with van der Waals surface area (Å²) in [6.07, 6.45) is 1.57. The molecule has 0 saturated heterocycles. The highest BCUT2D eigenvalue weighted by molar-refractivity contribution is 5.89. The number of nitrogens with one attached hydrogen (secondary N) is 1. The number of aromatic nitrogens is 3. The first-order valence-electron chi connectivity index (χ1n) is 7.59. The Morgan fingerprint density at radius 3 is 2.80 bits per heavy atom. The number of amides is 1. The molecule has 0 unspecified atom stereocenters. The molecule has 25 heavy (non-hydrogen) atoms. The molecule has 1 amide bonds. The van der Waals surface area contributed by atoms with Gasteiger partial charge in [-0.2, -0.15) is 5.10 Å². The minimum Gasteiger partial charge on any atom is -0.497 e. The van der Waals surface area contributed by atoms with Gasteiger partial charge < -0.3 is 10.1 Å². The maximum Gasteiger partial charge on any atom is 0.267 e. The number of anilines is 1. The number of methoxy groups -OCH3 is 1. The molecule has 7 nitrogen and oxygen atoms in total. The Bertz CT molecular complexity index is 938. The SMILES string of the molecule is COc1cccc(-c2ccc(=O)n(CC(=O)Nc3ccccn3)n2)c1. The lowest BCUT2D eigenvalue weighted by Crippen LogP contribution is -2.29. The van der Waals surface area contributed by atoms with Crippen molar-refractivity contribution in [1.29, 1.82) is 0 Å². The predicted molar refractivity (Wildman–Crippen MR) is 93.4 cm³/mol. The third-order valence-corrected chi connectivity index (χ3v) is 3.46. The predicted octanol–water partition coefficient (Wildman–Crippen LogP) is 1.95. The Morgan fingerprint density at radius 2 is 2.04 bits per heavy atom. The first-order chi connectivity index (χ1) is 12.2. The topological polar surface area (TPSA) is 86.1 Å². The summed E-state index contributed by atoms with van der Waals surface area (Å²) in [6.45, 7) is -0.201. The molecule has 0 saturated carbocycles. The fourth-order valence-corrected chi connectivity index (χ4v) is 2.25. The van der Waals surface area contributed by atoms with E-state index in [4.69, 9.17) is 4.74 Å². The van der Waals surface area contributed by atoms with Gasteiger partial charge in [0.15, 0.2) is 0 Å². The van der Waals surface area contributed by atoms with Gasteiger partial charge in [0.25, 0.3) is 5.56 Å². The Balaban J connectivity index is 1.82. The van der Waals surface area contributed by atoms with Crippen LogP contribution >= 0.6 is 0 Å². The maximum absolute atomic E-state index is 12.1. The van der Waals surface area contributed by atoms with Gasteiger partial charge in [-0.05, 0) is 30.3 Å². The zero-order chi connectivity index (χ0) is 17.6. The summed E-state index contributed by atoms with van der Waals surface area (Å²) in [7, 11) is 1.58. The summed E-state index contributed by atoms with van der Waals surface area (Å²) >= 11 is 0. The van der Waals surface area contributed by atoms with Crippen LogP contribution in [-0.2, 0) is 11.3 Å². The highest BCUT2D eigenvalue weighted by Crippen LogP contribution is 2.21. The monoisotopic (exact) mass is 336 g/mol. The molecule has 1 aromatic carbocycles. The van der Waals surface area contributed by atoms with Crippen LogP contribution in [0, 0.1) is 0 Å². The number of ether oxygens (including phenoxy) is 1. The standard InChI is InChI=1S/C18H16N4O3/c1-25-14-6-4-5-13(11-14)15-8-9-18(24)22(21-15)12-17(23)20-16-7-2-3-10-19-16/h2-11H,12H2,1H3,(H,19,20,23). The molecule has 0 aliphatic carbocycles. The number of benzene rings is 1. The van der Waals surface area contributed by atoms with Gasteiger partial charge in [-0.25, -0.2) is 9.67 Å². The summed E-state index contributed by atoms with van der Waals surface area (Å²) in [5.41, 5.74) is 1.00. The van der Waals surface area contributed by atoms with E-state index in [1.54, 1.807) is 37.6 Å². The Morgan fingerprint density at radius 1 is 1.16 bits per heavy atom. The smallest absolute Gasteiger partial charge is 0.267 e. The van der Waals surface area contributed by atoms with Gasteiger partial charge in [-0.15, -0.1) is 0 Å². The summed E-state index contributed by atoms with van der Waals surface area (Å²) in [4.78, 5) is 28.1. The molecule has 0 aliphatic rings. The van der Waals surface area contributed by atoms with Crippen LogP contribution < -0.4 is 15.6 Å². The molecule has 7 heteroatoms. The van der Waals surface area contributed by atoms with Crippen molar-refractivity contribution in [2.24, 2.45) is 0 Å². The average molecular weight is 336 g/mol. The van der Waals surface area contributed by atoms with Crippen molar-refractivity contribution >= 4 is 11.7 Å². The molecule has 126 valence electrons. The second-order valence-corrected chi connectivity index (χ2v) is 5.21. The van der Waals surface area contributed by atoms with Gasteiger partial charge in [0.2, 0.25) is 5.91 Å². The van der Waals surface area contributed by atoms with Crippen LogP contribution in [0.4, 0.5) is 5.82 Å². The second-order valence-electron chi connectivity index (χ2n) is 5.21. The van der Waals surface area contributed by atoms with E-state index in [-0.39, 0.29) is 18.0 Å². The molecule has 0 radical (unpaired) electrons. The molecule has 0 fully saturated rings. The van der Waals surface area contributed by atoms with Gasteiger partial charge in [0.05, 0.1) is 12.8 Å². The lowest BCUT2D eigenvalue weighted by atomic mass is 10.1. The highest BCUT2D eigenvalue weighted by atomic mass is 16.5. The minimum absolute atomic E-state index is 0.201. The van der Waals surface area contributed by atoms with Crippen LogP contribution in [0.5, 0.6) is 5.75 Å². The van der Waals surface area contributed by atoms with Crippen molar-refractivity contribution in [3.05, 3.63) is 71.1 Å². The third kappa shape index (κ3) is 4.08. The molecular formula is C18H16N4O3. The summed E-state index contributed by atoms with van der Waals surface area (Å²) < 4.78 is 6.31. The number of carbonyl (C=O) groups excluding carboxylic acids is 1. The molecule has 3 aromatic rings. The van der Waals surface area contributed by atoms with Crippen molar-refractivity contribution in [3.8, 4) is 17.0 Å². The van der Waals surface area contributed by atoms with E-state index in [9.17, 15) is 9.59 Å². The molecule has 0 aliphatic heterocycles. The maximum atomic E-state index is 12.1. The minimum atomic E-state index is -0.379. The van der Waals surface area contributed by atoms with E-state index >= 15 is 0 Å². The number of carbonyl (C=O) groups is 1. The van der Waals surface area contributed by atoms with Crippen LogP contribution in [0.2, 0.25) is 0 Å². The normalized spacial score (nSPS) is 10.3. The van der Waals surface area contributed by atoms with Crippen LogP contribution in [0.15, 0.2) is 65.6 Å². The van der Waals surface area contributed by atoms with Gasteiger partial charge in [-0.1, -0.05) is 18.2 Å². The van der Waals surface area contributed by atoms with Crippen molar-refractivity contribution in [1.82, 2.24) is 14.8 Å². The Labute approximate surface area is 143 Å². The zero-order valence-corrected chi connectivity index (χ0v) is 13.5. The summed E-state index contributed by atoms with van der Waals surface area (Å²) in [6, 6.07) is 15.5. The van der Waals surface area contributed by atoms with Crippen molar-refractivity contribution in [3.63, 3.8) is 0 Å². The van der Waals surface area contributed by atoms with Crippen LogP contribution in [0.3, 0.4) is 0 Å². The molecular weight excluding hydrogens is 320 g/mol. The quantitative estimate of drug-likeness (QED) is 0.770. The number of nitrogens with zero attached hydrogens (tertiary/aromatic N) is 3. The molecule has 2 heterocycles.